The Morgan fingerprint density at radius 3 is 3.11 bits per heavy atom. The molecule has 1 aromatic heterocycles. The molecule has 0 aliphatic rings. The van der Waals surface area contributed by atoms with E-state index in [4.69, 9.17) is 14.9 Å². The van der Waals surface area contributed by atoms with Crippen molar-refractivity contribution in [2.45, 2.75) is 32.2 Å². The number of aromatic nitrogens is 1. The second-order valence-electron chi connectivity index (χ2n) is 4.07. The molecule has 102 valence electrons. The van der Waals surface area contributed by atoms with Crippen LogP contribution in [0, 0.1) is 0 Å². The molecular weight excluding hydrogens is 234 g/mol. The summed E-state index contributed by atoms with van der Waals surface area (Å²) in [5, 5.41) is 2.67. The minimum Gasteiger partial charge on any atom is -0.446 e. The molecule has 0 saturated carbocycles. The minimum atomic E-state index is -0.273. The van der Waals surface area contributed by atoms with Crippen molar-refractivity contribution < 1.29 is 13.9 Å². The first-order valence-electron chi connectivity index (χ1n) is 6.17. The lowest BCUT2D eigenvalue weighted by molar-refractivity contribution is 0.0932. The number of rotatable bonds is 8. The highest BCUT2D eigenvalue weighted by Gasteiger charge is 2.16. The van der Waals surface area contributed by atoms with E-state index in [1.807, 2.05) is 0 Å². The fourth-order valence-corrected chi connectivity index (χ4v) is 1.47. The van der Waals surface area contributed by atoms with Crippen molar-refractivity contribution in [3.63, 3.8) is 0 Å². The summed E-state index contributed by atoms with van der Waals surface area (Å²) in [6.07, 6.45) is 4.22. The third-order valence-electron chi connectivity index (χ3n) is 2.53. The van der Waals surface area contributed by atoms with E-state index in [1.165, 1.54) is 6.26 Å². The summed E-state index contributed by atoms with van der Waals surface area (Å²) in [5.41, 5.74) is 6.17. The summed E-state index contributed by atoms with van der Waals surface area (Å²) >= 11 is 0. The van der Waals surface area contributed by atoms with Gasteiger partial charge in [-0.1, -0.05) is 19.8 Å². The van der Waals surface area contributed by atoms with Crippen molar-refractivity contribution in [3.8, 4) is 0 Å². The molecule has 1 rings (SSSR count). The van der Waals surface area contributed by atoms with E-state index in [9.17, 15) is 4.79 Å². The number of oxazole rings is 1. The number of amides is 1. The van der Waals surface area contributed by atoms with Crippen LogP contribution < -0.4 is 11.1 Å². The topological polar surface area (TPSA) is 90.4 Å². The Hall–Kier alpha value is -1.40. The van der Waals surface area contributed by atoms with Crippen molar-refractivity contribution >= 4 is 5.91 Å². The predicted molar refractivity (Wildman–Crippen MR) is 67.2 cm³/mol. The van der Waals surface area contributed by atoms with Crippen molar-refractivity contribution in [2.24, 2.45) is 5.73 Å². The molecule has 1 atom stereocenters. The van der Waals surface area contributed by atoms with E-state index in [2.05, 4.69) is 17.2 Å². The van der Waals surface area contributed by atoms with Gasteiger partial charge in [-0.3, -0.25) is 4.79 Å². The van der Waals surface area contributed by atoms with Gasteiger partial charge in [0.2, 0.25) is 5.89 Å². The molecule has 0 aromatic carbocycles. The Morgan fingerprint density at radius 2 is 2.44 bits per heavy atom. The molecular formula is C12H21N3O3. The van der Waals surface area contributed by atoms with E-state index >= 15 is 0 Å². The average Bonchev–Trinajstić information content (AvgIpc) is 2.85. The number of methoxy groups -OCH3 is 1. The van der Waals surface area contributed by atoms with Crippen molar-refractivity contribution in [2.75, 3.05) is 20.3 Å². The largest absolute Gasteiger partial charge is 0.446 e. The first-order chi connectivity index (χ1) is 8.69. The highest BCUT2D eigenvalue weighted by Crippen LogP contribution is 2.16. The zero-order chi connectivity index (χ0) is 13.4. The van der Waals surface area contributed by atoms with Crippen LogP contribution in [-0.4, -0.2) is 31.2 Å². The van der Waals surface area contributed by atoms with Crippen LogP contribution in [0.15, 0.2) is 10.7 Å². The maximum Gasteiger partial charge on any atom is 0.273 e. The van der Waals surface area contributed by atoms with Crippen LogP contribution >= 0.6 is 0 Å². The lowest BCUT2D eigenvalue weighted by Crippen LogP contribution is -2.27. The number of hydrogen-bond donors (Lipinski definition) is 2. The second-order valence-corrected chi connectivity index (χ2v) is 4.07. The Bertz CT molecular complexity index is 365. The summed E-state index contributed by atoms with van der Waals surface area (Å²) in [5.74, 6) is 0.144. The maximum atomic E-state index is 11.6. The average molecular weight is 255 g/mol. The highest BCUT2D eigenvalue weighted by molar-refractivity contribution is 5.91. The number of nitrogens with two attached hydrogens (primary N) is 1. The molecule has 6 nitrogen and oxygen atoms in total. The fraction of sp³-hybridized carbons (Fsp3) is 0.667. The predicted octanol–water partition coefficient (Wildman–Crippen LogP) is 1.24. The molecule has 0 fully saturated rings. The normalized spacial score (nSPS) is 12.4. The molecule has 0 spiro atoms. The van der Waals surface area contributed by atoms with Crippen molar-refractivity contribution in [1.82, 2.24) is 10.3 Å². The van der Waals surface area contributed by atoms with Gasteiger partial charge in [0.25, 0.3) is 5.91 Å². The third-order valence-corrected chi connectivity index (χ3v) is 2.53. The van der Waals surface area contributed by atoms with Gasteiger partial charge in [-0.15, -0.1) is 0 Å². The van der Waals surface area contributed by atoms with Crippen LogP contribution in [0.4, 0.5) is 0 Å². The van der Waals surface area contributed by atoms with E-state index in [0.717, 1.165) is 19.3 Å². The quantitative estimate of drug-likeness (QED) is 0.682. The number of ether oxygens (including phenoxy) is 1. The summed E-state index contributed by atoms with van der Waals surface area (Å²) in [6.45, 7) is 3.00. The van der Waals surface area contributed by atoms with Gasteiger partial charge in [-0.25, -0.2) is 4.98 Å². The van der Waals surface area contributed by atoms with Gasteiger partial charge < -0.3 is 20.2 Å². The van der Waals surface area contributed by atoms with Crippen molar-refractivity contribution in [3.05, 3.63) is 17.8 Å². The molecule has 3 N–H and O–H groups in total. The molecule has 0 bridgehead atoms. The summed E-state index contributed by atoms with van der Waals surface area (Å²) < 4.78 is 10.1. The molecule has 6 heteroatoms. The number of unbranched alkanes of at least 4 members (excludes halogenated alkanes) is 1. The van der Waals surface area contributed by atoms with Crippen LogP contribution in [0.5, 0.6) is 0 Å². The molecule has 0 radical (unpaired) electrons. The molecule has 1 unspecified atom stereocenters. The first kappa shape index (κ1) is 14.7. The molecule has 1 aromatic rings. The minimum absolute atomic E-state index is 0.245. The van der Waals surface area contributed by atoms with Gasteiger partial charge in [-0.05, 0) is 6.42 Å². The van der Waals surface area contributed by atoms with Gasteiger partial charge in [0.05, 0.1) is 12.6 Å². The SMILES string of the molecule is CCCCC(N)c1nc(C(=O)NCCOC)co1. The molecule has 0 saturated heterocycles. The zero-order valence-corrected chi connectivity index (χ0v) is 10.9. The molecule has 0 aliphatic heterocycles. The zero-order valence-electron chi connectivity index (χ0n) is 10.9. The summed E-state index contributed by atoms with van der Waals surface area (Å²) in [6, 6.07) is -0.245. The van der Waals surface area contributed by atoms with E-state index in [1.54, 1.807) is 7.11 Å². The second kappa shape index (κ2) is 7.84. The van der Waals surface area contributed by atoms with Crippen LogP contribution in [0.2, 0.25) is 0 Å². The van der Waals surface area contributed by atoms with Gasteiger partial charge in [0.15, 0.2) is 5.69 Å². The van der Waals surface area contributed by atoms with E-state index in [-0.39, 0.29) is 17.6 Å². The standard InChI is InChI=1S/C12H21N3O3/c1-3-4-5-9(13)12-15-10(8-18-12)11(16)14-6-7-17-2/h8-9H,3-7,13H2,1-2H3,(H,14,16). The molecule has 18 heavy (non-hydrogen) atoms. The van der Waals surface area contributed by atoms with E-state index < -0.39 is 0 Å². The van der Waals surface area contributed by atoms with Crippen molar-refractivity contribution in [1.29, 1.82) is 0 Å². The smallest absolute Gasteiger partial charge is 0.273 e. The number of hydrogen-bond acceptors (Lipinski definition) is 5. The first-order valence-corrected chi connectivity index (χ1v) is 6.17. The van der Waals surface area contributed by atoms with Gasteiger partial charge >= 0.3 is 0 Å². The number of carbonyl (C=O) groups excluding carboxylic acids is 1. The fourth-order valence-electron chi connectivity index (χ4n) is 1.47. The Balaban J connectivity index is 2.48. The summed E-state index contributed by atoms with van der Waals surface area (Å²) in [4.78, 5) is 15.7. The summed E-state index contributed by atoms with van der Waals surface area (Å²) in [7, 11) is 1.58. The lowest BCUT2D eigenvalue weighted by atomic mass is 10.1. The molecule has 1 amide bonds. The Morgan fingerprint density at radius 1 is 1.67 bits per heavy atom. The number of carbonyl (C=O) groups is 1. The van der Waals surface area contributed by atoms with E-state index in [0.29, 0.717) is 19.0 Å². The van der Waals surface area contributed by atoms with Crippen LogP contribution in [-0.2, 0) is 4.74 Å². The van der Waals surface area contributed by atoms with Gasteiger partial charge in [0, 0.05) is 13.7 Å². The monoisotopic (exact) mass is 255 g/mol. The van der Waals surface area contributed by atoms with Crippen LogP contribution in [0.25, 0.3) is 0 Å². The molecule has 1 heterocycles. The third kappa shape index (κ3) is 4.46. The Kier molecular flexibility index (Phi) is 6.38. The lowest BCUT2D eigenvalue weighted by Gasteiger charge is -2.05. The number of nitrogens with one attached hydrogen (secondary N) is 1. The van der Waals surface area contributed by atoms with Gasteiger partial charge in [-0.2, -0.15) is 0 Å². The molecule has 0 aliphatic carbocycles. The van der Waals surface area contributed by atoms with Crippen LogP contribution in [0.1, 0.15) is 48.6 Å². The maximum absolute atomic E-state index is 11.6. The van der Waals surface area contributed by atoms with Gasteiger partial charge in [0.1, 0.15) is 6.26 Å². The Labute approximate surface area is 107 Å². The van der Waals surface area contributed by atoms with Crippen LogP contribution in [0.3, 0.4) is 0 Å². The number of nitrogens with zero attached hydrogens (tertiary/aromatic N) is 1. The highest BCUT2D eigenvalue weighted by atomic mass is 16.5.